The lowest BCUT2D eigenvalue weighted by Crippen LogP contribution is -2.32. The van der Waals surface area contributed by atoms with E-state index in [-0.39, 0.29) is 18.3 Å². The van der Waals surface area contributed by atoms with E-state index in [9.17, 15) is 9.18 Å². The van der Waals surface area contributed by atoms with Gasteiger partial charge >= 0.3 is 0 Å². The van der Waals surface area contributed by atoms with Crippen molar-refractivity contribution < 1.29 is 13.9 Å². The van der Waals surface area contributed by atoms with Crippen LogP contribution in [0.5, 0.6) is 5.75 Å². The maximum atomic E-state index is 13.7. The molecule has 1 aliphatic rings. The first-order valence-corrected chi connectivity index (χ1v) is 10.7. The minimum atomic E-state index is -0.285. The summed E-state index contributed by atoms with van der Waals surface area (Å²) in [7, 11) is 0. The first-order valence-electron chi connectivity index (χ1n) is 10.7. The van der Waals surface area contributed by atoms with Crippen LogP contribution in [-0.4, -0.2) is 19.0 Å². The molecule has 1 N–H and O–H groups in total. The first kappa shape index (κ1) is 20.9. The van der Waals surface area contributed by atoms with E-state index in [4.69, 9.17) is 4.74 Å². The minimum Gasteiger partial charge on any atom is -0.489 e. The van der Waals surface area contributed by atoms with E-state index >= 15 is 0 Å². The van der Waals surface area contributed by atoms with Crippen LogP contribution in [0.2, 0.25) is 0 Å². The summed E-state index contributed by atoms with van der Waals surface area (Å²) in [6.07, 6.45) is 2.42. The highest BCUT2D eigenvalue weighted by atomic mass is 19.1. The van der Waals surface area contributed by atoms with Gasteiger partial charge in [0.25, 0.3) is 5.91 Å². The van der Waals surface area contributed by atoms with Crippen LogP contribution in [0.1, 0.15) is 35.7 Å². The van der Waals surface area contributed by atoms with Crippen LogP contribution in [-0.2, 0) is 6.61 Å². The summed E-state index contributed by atoms with van der Waals surface area (Å²) in [5.74, 6) is 0.963. The van der Waals surface area contributed by atoms with Crippen molar-refractivity contribution in [2.75, 3.05) is 23.3 Å². The molecule has 1 aliphatic heterocycles. The van der Waals surface area contributed by atoms with Crippen molar-refractivity contribution >= 4 is 17.3 Å². The highest BCUT2D eigenvalue weighted by molar-refractivity contribution is 6.04. The number of hydrogen-bond donors (Lipinski definition) is 1. The van der Waals surface area contributed by atoms with Crippen LogP contribution in [0.25, 0.3) is 0 Å². The number of ether oxygens (including phenoxy) is 1. The summed E-state index contributed by atoms with van der Waals surface area (Å²) >= 11 is 0. The predicted octanol–water partition coefficient (Wildman–Crippen LogP) is 5.89. The number of rotatable bonds is 6. The highest BCUT2D eigenvalue weighted by Crippen LogP contribution is 2.24. The Hall–Kier alpha value is -3.34. The summed E-state index contributed by atoms with van der Waals surface area (Å²) in [6.45, 7) is 4.59. The normalized spacial score (nSPS) is 14.3. The van der Waals surface area contributed by atoms with Gasteiger partial charge in [-0.15, -0.1) is 0 Å². The van der Waals surface area contributed by atoms with Crippen LogP contribution >= 0.6 is 0 Å². The maximum absolute atomic E-state index is 13.7. The summed E-state index contributed by atoms with van der Waals surface area (Å²) < 4.78 is 19.3. The van der Waals surface area contributed by atoms with E-state index in [1.807, 2.05) is 24.3 Å². The van der Waals surface area contributed by atoms with Gasteiger partial charge in [-0.2, -0.15) is 0 Å². The Bertz CT molecular complexity index is 1010. The molecular formula is C26H27FN2O2. The second kappa shape index (κ2) is 9.65. The molecule has 4 nitrogen and oxygen atoms in total. The van der Waals surface area contributed by atoms with Crippen molar-refractivity contribution in [2.24, 2.45) is 5.92 Å². The lowest BCUT2D eigenvalue weighted by atomic mass is 9.98. The molecule has 0 aliphatic carbocycles. The molecule has 1 saturated heterocycles. The van der Waals surface area contributed by atoms with Gasteiger partial charge in [-0.25, -0.2) is 4.39 Å². The summed E-state index contributed by atoms with van der Waals surface area (Å²) in [4.78, 5) is 15.0. The molecule has 0 unspecified atom stereocenters. The van der Waals surface area contributed by atoms with Gasteiger partial charge in [0.1, 0.15) is 18.2 Å². The summed E-state index contributed by atoms with van der Waals surface area (Å²) in [5, 5.41) is 2.91. The van der Waals surface area contributed by atoms with Gasteiger partial charge in [0.15, 0.2) is 0 Å². The van der Waals surface area contributed by atoms with Gasteiger partial charge in [-0.05, 0) is 73.4 Å². The van der Waals surface area contributed by atoms with Crippen LogP contribution in [0.15, 0.2) is 72.8 Å². The Morgan fingerprint density at radius 2 is 1.68 bits per heavy atom. The molecule has 3 aromatic carbocycles. The average molecular weight is 419 g/mol. The molecule has 0 radical (unpaired) electrons. The van der Waals surface area contributed by atoms with Crippen LogP contribution in [0.4, 0.5) is 15.8 Å². The number of nitrogens with zero attached hydrogens (tertiary/aromatic N) is 1. The van der Waals surface area contributed by atoms with Crippen molar-refractivity contribution in [1.82, 2.24) is 0 Å². The second-order valence-corrected chi connectivity index (χ2v) is 8.08. The van der Waals surface area contributed by atoms with Crippen molar-refractivity contribution in [2.45, 2.75) is 26.4 Å². The Labute approximate surface area is 182 Å². The van der Waals surface area contributed by atoms with Crippen molar-refractivity contribution in [1.29, 1.82) is 0 Å². The van der Waals surface area contributed by atoms with Gasteiger partial charge in [-0.1, -0.05) is 25.1 Å². The number of hydrogen-bond acceptors (Lipinski definition) is 3. The molecule has 0 aromatic heterocycles. The van der Waals surface area contributed by atoms with E-state index in [2.05, 4.69) is 17.1 Å². The number of nitrogens with one attached hydrogen (secondary N) is 1. The van der Waals surface area contributed by atoms with Gasteiger partial charge in [0.05, 0.1) is 0 Å². The quantitative estimate of drug-likeness (QED) is 0.542. The van der Waals surface area contributed by atoms with Crippen molar-refractivity contribution in [3.8, 4) is 5.75 Å². The summed E-state index contributed by atoms with van der Waals surface area (Å²) in [5.41, 5.74) is 2.97. The molecule has 0 atom stereocenters. The van der Waals surface area contributed by atoms with Crippen molar-refractivity contribution in [3.05, 3.63) is 89.7 Å². The lowest BCUT2D eigenvalue weighted by molar-refractivity contribution is 0.102. The number of amides is 1. The fourth-order valence-corrected chi connectivity index (χ4v) is 3.70. The zero-order chi connectivity index (χ0) is 21.6. The fraction of sp³-hybridized carbons (Fsp3) is 0.269. The molecule has 0 spiro atoms. The molecule has 0 bridgehead atoms. The lowest BCUT2D eigenvalue weighted by Gasteiger charge is -2.32. The number of anilines is 2. The van der Waals surface area contributed by atoms with Crippen molar-refractivity contribution in [3.63, 3.8) is 0 Å². The van der Waals surface area contributed by atoms with Gasteiger partial charge in [-0.3, -0.25) is 4.79 Å². The molecule has 3 aromatic rings. The van der Waals surface area contributed by atoms with E-state index in [0.29, 0.717) is 22.6 Å². The van der Waals surface area contributed by atoms with Gasteiger partial charge < -0.3 is 15.0 Å². The summed E-state index contributed by atoms with van der Waals surface area (Å²) in [6, 6.07) is 21.4. The topological polar surface area (TPSA) is 41.6 Å². The first-order chi connectivity index (χ1) is 15.1. The standard InChI is InChI=1S/C26H27FN2O2/c1-19-14-16-29(17-15-19)23-10-6-20(7-11-23)26(30)28-22-8-12-24(13-9-22)31-18-21-4-2-3-5-25(21)27/h2-13,19H,14-18H2,1H3,(H,28,30). The Balaban J connectivity index is 1.31. The Morgan fingerprint density at radius 3 is 2.35 bits per heavy atom. The molecule has 5 heteroatoms. The Kier molecular flexibility index (Phi) is 6.51. The average Bonchev–Trinajstić information content (AvgIpc) is 2.80. The zero-order valence-corrected chi connectivity index (χ0v) is 17.7. The number of piperidine rings is 1. The SMILES string of the molecule is CC1CCN(c2ccc(C(=O)Nc3ccc(OCc4ccccc4F)cc3)cc2)CC1. The van der Waals surface area contributed by atoms with Gasteiger partial charge in [0, 0.05) is 35.6 Å². The fourth-order valence-electron chi connectivity index (χ4n) is 3.70. The zero-order valence-electron chi connectivity index (χ0n) is 17.7. The molecular weight excluding hydrogens is 391 g/mol. The minimum absolute atomic E-state index is 0.153. The molecule has 4 rings (SSSR count). The van der Waals surface area contributed by atoms with Gasteiger partial charge in [0.2, 0.25) is 0 Å². The molecule has 0 saturated carbocycles. The number of carbonyl (C=O) groups is 1. The van der Waals surface area contributed by atoms with E-state index in [1.165, 1.54) is 24.6 Å². The number of halogens is 1. The largest absolute Gasteiger partial charge is 0.489 e. The van der Waals surface area contributed by atoms with Crippen LogP contribution < -0.4 is 15.0 Å². The van der Waals surface area contributed by atoms with E-state index in [1.54, 1.807) is 42.5 Å². The Morgan fingerprint density at radius 1 is 1.00 bits per heavy atom. The molecule has 31 heavy (non-hydrogen) atoms. The molecule has 160 valence electrons. The molecule has 1 amide bonds. The van der Waals surface area contributed by atoms with Crippen LogP contribution in [0, 0.1) is 11.7 Å². The van der Waals surface area contributed by atoms with Crippen LogP contribution in [0.3, 0.4) is 0 Å². The highest BCUT2D eigenvalue weighted by Gasteiger charge is 2.16. The smallest absolute Gasteiger partial charge is 0.255 e. The third-order valence-electron chi connectivity index (χ3n) is 5.74. The molecule has 1 fully saturated rings. The predicted molar refractivity (Wildman–Crippen MR) is 122 cm³/mol. The maximum Gasteiger partial charge on any atom is 0.255 e. The van der Waals surface area contributed by atoms with E-state index in [0.717, 1.165) is 19.0 Å². The monoisotopic (exact) mass is 418 g/mol. The second-order valence-electron chi connectivity index (χ2n) is 8.08. The third kappa shape index (κ3) is 5.43. The molecule has 1 heterocycles. The number of carbonyl (C=O) groups excluding carboxylic acids is 1. The van der Waals surface area contributed by atoms with E-state index < -0.39 is 0 Å². The third-order valence-corrected chi connectivity index (χ3v) is 5.74. The number of benzene rings is 3.